The molecule has 0 aliphatic carbocycles. The van der Waals surface area contributed by atoms with Crippen molar-refractivity contribution in [3.8, 4) is 5.75 Å². The van der Waals surface area contributed by atoms with E-state index in [0.29, 0.717) is 28.6 Å². The molecule has 0 fully saturated rings. The van der Waals surface area contributed by atoms with Crippen molar-refractivity contribution < 1.29 is 14.3 Å². The average molecular weight is 204 g/mol. The fourth-order valence-corrected chi connectivity index (χ4v) is 1.38. The zero-order chi connectivity index (χ0) is 10.8. The third kappa shape index (κ3) is 1.59. The molecule has 0 amide bonds. The van der Waals surface area contributed by atoms with E-state index in [-0.39, 0.29) is 0 Å². The van der Waals surface area contributed by atoms with Crippen molar-refractivity contribution in [3.05, 3.63) is 24.0 Å². The minimum Gasteiger partial charge on any atom is -0.426 e. The molecule has 0 radical (unpaired) electrons. The highest BCUT2D eigenvalue weighted by molar-refractivity contribution is 6.00. The molecule has 0 aliphatic heterocycles. The smallest absolute Gasteiger partial charge is 0.308 e. The molecular formula is C10H8N2O3. The fraction of sp³-hybridized carbons (Fsp3) is 0.100. The second kappa shape index (κ2) is 3.53. The lowest BCUT2D eigenvalue weighted by Crippen LogP contribution is -2.02. The van der Waals surface area contributed by atoms with E-state index in [2.05, 4.69) is 9.97 Å². The van der Waals surface area contributed by atoms with Crippen molar-refractivity contribution in [2.45, 2.75) is 6.92 Å². The molecule has 0 saturated carbocycles. The van der Waals surface area contributed by atoms with Crippen LogP contribution in [0.4, 0.5) is 0 Å². The van der Waals surface area contributed by atoms with E-state index in [1.165, 1.54) is 19.3 Å². The highest BCUT2D eigenvalue weighted by atomic mass is 16.5. The van der Waals surface area contributed by atoms with Crippen LogP contribution in [0, 0.1) is 0 Å². The first kappa shape index (κ1) is 9.39. The number of H-pyrrole nitrogens is 1. The summed E-state index contributed by atoms with van der Waals surface area (Å²) in [5, 5.41) is 0.530. The first-order valence-electron chi connectivity index (χ1n) is 4.32. The lowest BCUT2D eigenvalue weighted by atomic mass is 10.2. The Kier molecular flexibility index (Phi) is 2.21. The third-order valence-electron chi connectivity index (χ3n) is 1.95. The minimum absolute atomic E-state index is 0.343. The van der Waals surface area contributed by atoms with E-state index >= 15 is 0 Å². The van der Waals surface area contributed by atoms with Gasteiger partial charge in [-0.1, -0.05) is 0 Å². The number of pyridine rings is 1. The first-order chi connectivity index (χ1) is 7.22. The number of aromatic nitrogens is 2. The molecule has 2 rings (SSSR count). The first-order valence-corrected chi connectivity index (χ1v) is 4.32. The quantitative estimate of drug-likeness (QED) is 0.591. The molecule has 5 heteroatoms. The van der Waals surface area contributed by atoms with Crippen molar-refractivity contribution in [2.75, 3.05) is 0 Å². The Morgan fingerprint density at radius 3 is 3.07 bits per heavy atom. The summed E-state index contributed by atoms with van der Waals surface area (Å²) in [7, 11) is 0. The zero-order valence-corrected chi connectivity index (χ0v) is 7.98. The van der Waals surface area contributed by atoms with Gasteiger partial charge in [-0.15, -0.1) is 0 Å². The van der Waals surface area contributed by atoms with Gasteiger partial charge in [0.1, 0.15) is 11.4 Å². The van der Waals surface area contributed by atoms with Gasteiger partial charge in [-0.2, -0.15) is 0 Å². The van der Waals surface area contributed by atoms with E-state index in [4.69, 9.17) is 4.74 Å². The molecule has 0 aliphatic rings. The summed E-state index contributed by atoms with van der Waals surface area (Å²) in [5.41, 5.74) is 0.949. The molecule has 2 heterocycles. The Bertz CT molecular complexity index is 530. The Hall–Kier alpha value is -2.17. The molecule has 0 spiro atoms. The van der Waals surface area contributed by atoms with Gasteiger partial charge in [0.05, 0.1) is 5.39 Å². The number of esters is 1. The van der Waals surface area contributed by atoms with Crippen LogP contribution in [0.15, 0.2) is 18.5 Å². The molecule has 5 nitrogen and oxygen atoms in total. The number of carbonyl (C=O) groups excluding carboxylic acids is 2. The summed E-state index contributed by atoms with van der Waals surface area (Å²) < 4.78 is 4.97. The Morgan fingerprint density at radius 1 is 1.60 bits per heavy atom. The minimum atomic E-state index is -0.430. The Labute approximate surface area is 85.1 Å². The highest BCUT2D eigenvalue weighted by Crippen LogP contribution is 2.26. The van der Waals surface area contributed by atoms with Crippen molar-refractivity contribution >= 4 is 23.3 Å². The van der Waals surface area contributed by atoms with Gasteiger partial charge in [-0.25, -0.2) is 4.98 Å². The number of hydrogen-bond acceptors (Lipinski definition) is 4. The van der Waals surface area contributed by atoms with Gasteiger partial charge in [-0.05, 0) is 0 Å². The molecule has 0 unspecified atom stereocenters. The normalized spacial score (nSPS) is 10.2. The number of nitrogens with one attached hydrogen (secondary N) is 1. The SMILES string of the molecule is CC(=O)Oc1ccnc2[nH]cc(C=O)c12. The van der Waals surface area contributed by atoms with E-state index < -0.39 is 5.97 Å². The highest BCUT2D eigenvalue weighted by Gasteiger charge is 2.11. The second-order valence-electron chi connectivity index (χ2n) is 2.99. The molecule has 0 atom stereocenters. The van der Waals surface area contributed by atoms with Crippen LogP contribution in [0.3, 0.4) is 0 Å². The molecule has 1 N–H and O–H groups in total. The molecular weight excluding hydrogens is 196 g/mol. The summed E-state index contributed by atoms with van der Waals surface area (Å²) in [6.07, 6.45) is 3.72. The largest absolute Gasteiger partial charge is 0.426 e. The fourth-order valence-electron chi connectivity index (χ4n) is 1.38. The van der Waals surface area contributed by atoms with E-state index in [1.807, 2.05) is 0 Å². The topological polar surface area (TPSA) is 72.0 Å². The van der Waals surface area contributed by atoms with E-state index in [0.717, 1.165) is 0 Å². The van der Waals surface area contributed by atoms with Crippen molar-refractivity contribution in [1.29, 1.82) is 0 Å². The maximum atomic E-state index is 10.8. The standard InChI is InChI=1S/C10H8N2O3/c1-6(14)15-8-2-3-11-10-9(8)7(5-13)4-12-10/h2-5H,1H3,(H,11,12). The lowest BCUT2D eigenvalue weighted by Gasteiger charge is -2.02. The van der Waals surface area contributed by atoms with Crippen LogP contribution in [0.5, 0.6) is 5.75 Å². The molecule has 2 aromatic rings. The van der Waals surface area contributed by atoms with Crippen LogP contribution in [-0.2, 0) is 4.79 Å². The van der Waals surface area contributed by atoms with Crippen LogP contribution >= 0.6 is 0 Å². The van der Waals surface area contributed by atoms with Gasteiger partial charge in [0.25, 0.3) is 0 Å². The predicted octanol–water partition coefficient (Wildman–Crippen LogP) is 1.30. The van der Waals surface area contributed by atoms with Crippen LogP contribution in [-0.4, -0.2) is 22.2 Å². The molecule has 0 saturated heterocycles. The van der Waals surface area contributed by atoms with Crippen LogP contribution < -0.4 is 4.74 Å². The van der Waals surface area contributed by atoms with Gasteiger partial charge in [0.15, 0.2) is 6.29 Å². The summed E-state index contributed by atoms with van der Waals surface area (Å²) in [6.45, 7) is 1.31. The zero-order valence-electron chi connectivity index (χ0n) is 7.98. The monoisotopic (exact) mass is 204 g/mol. The molecule has 76 valence electrons. The van der Waals surface area contributed by atoms with Crippen molar-refractivity contribution in [3.63, 3.8) is 0 Å². The number of nitrogens with zero attached hydrogens (tertiary/aromatic N) is 1. The number of carbonyl (C=O) groups is 2. The van der Waals surface area contributed by atoms with Gasteiger partial charge < -0.3 is 9.72 Å². The van der Waals surface area contributed by atoms with E-state index in [9.17, 15) is 9.59 Å². The average Bonchev–Trinajstić information content (AvgIpc) is 2.61. The third-order valence-corrected chi connectivity index (χ3v) is 1.95. The van der Waals surface area contributed by atoms with Gasteiger partial charge in [0.2, 0.25) is 0 Å². The van der Waals surface area contributed by atoms with Gasteiger partial charge >= 0.3 is 5.97 Å². The maximum Gasteiger partial charge on any atom is 0.308 e. The van der Waals surface area contributed by atoms with Gasteiger partial charge in [0, 0.05) is 30.9 Å². The Balaban J connectivity index is 2.66. The number of aromatic amines is 1. The lowest BCUT2D eigenvalue weighted by molar-refractivity contribution is -0.131. The summed E-state index contributed by atoms with van der Waals surface area (Å²) in [5.74, 6) is -0.0867. The second-order valence-corrected chi connectivity index (χ2v) is 2.99. The molecule has 0 bridgehead atoms. The number of ether oxygens (including phenoxy) is 1. The van der Waals surface area contributed by atoms with Gasteiger partial charge in [-0.3, -0.25) is 9.59 Å². The summed E-state index contributed by atoms with van der Waals surface area (Å²) in [4.78, 5) is 28.4. The molecule has 0 aromatic carbocycles. The maximum absolute atomic E-state index is 10.8. The Morgan fingerprint density at radius 2 is 2.40 bits per heavy atom. The number of rotatable bonds is 2. The van der Waals surface area contributed by atoms with Crippen LogP contribution in [0.1, 0.15) is 17.3 Å². The summed E-state index contributed by atoms with van der Waals surface area (Å²) in [6, 6.07) is 1.55. The molecule has 15 heavy (non-hydrogen) atoms. The van der Waals surface area contributed by atoms with Crippen LogP contribution in [0.25, 0.3) is 11.0 Å². The summed E-state index contributed by atoms with van der Waals surface area (Å²) >= 11 is 0. The van der Waals surface area contributed by atoms with Crippen molar-refractivity contribution in [2.24, 2.45) is 0 Å². The van der Waals surface area contributed by atoms with E-state index in [1.54, 1.807) is 6.07 Å². The number of hydrogen-bond donors (Lipinski definition) is 1. The number of fused-ring (bicyclic) bond motifs is 1. The van der Waals surface area contributed by atoms with Crippen molar-refractivity contribution in [1.82, 2.24) is 9.97 Å². The number of aldehydes is 1. The van der Waals surface area contributed by atoms with Crippen LogP contribution in [0.2, 0.25) is 0 Å². The molecule has 2 aromatic heterocycles. The predicted molar refractivity (Wildman–Crippen MR) is 52.8 cm³/mol.